The first kappa shape index (κ1) is 28.6. The number of methoxy groups -OCH3 is 2. The quantitative estimate of drug-likeness (QED) is 0.419. The molecule has 2 aliphatic rings. The molecular formula is C28H37N7O6. The standard InChI is InChI=1S/C28H37N7O6/c1-28(2,3)41-27(38)33(4)20-14-23(30-19-8-7-11-34(26(19)37)16-12-17(13-16)39-5)32-35-21(15-29-24(20)35)25(36)31-18-9-10-22(18)40-6/h7-8,11,14-18,22H,9-10,12-13H2,1-6H3,(H,30,32)(H,31,36)/t16?,17?,18?,22-/m0/s1. The van der Waals surface area contributed by atoms with Gasteiger partial charge in [-0.2, -0.15) is 0 Å². The summed E-state index contributed by atoms with van der Waals surface area (Å²) in [5.41, 5.74) is 0.151. The minimum absolute atomic E-state index is 0.0462. The second-order valence-electron chi connectivity index (χ2n) is 11.5. The van der Waals surface area contributed by atoms with Crippen LogP contribution in [0, 0.1) is 0 Å². The molecule has 2 fully saturated rings. The van der Waals surface area contributed by atoms with Gasteiger partial charge >= 0.3 is 6.09 Å². The number of nitrogens with zero attached hydrogens (tertiary/aromatic N) is 5. The number of aromatic nitrogens is 4. The Balaban J connectivity index is 1.51. The Labute approximate surface area is 237 Å². The maximum atomic E-state index is 13.3. The Morgan fingerprint density at radius 2 is 1.90 bits per heavy atom. The molecule has 2 N–H and O–H groups in total. The van der Waals surface area contributed by atoms with E-state index in [0.717, 1.165) is 25.7 Å². The summed E-state index contributed by atoms with van der Waals surface area (Å²) in [6.07, 6.45) is 5.84. The molecule has 0 radical (unpaired) electrons. The number of nitrogens with one attached hydrogen (secondary N) is 2. The zero-order valence-electron chi connectivity index (χ0n) is 24.2. The number of ether oxygens (including phenoxy) is 3. The van der Waals surface area contributed by atoms with Crippen molar-refractivity contribution in [3.05, 3.63) is 46.6 Å². The summed E-state index contributed by atoms with van der Waals surface area (Å²) in [5.74, 6) is -0.133. The van der Waals surface area contributed by atoms with Crippen molar-refractivity contribution >= 4 is 34.8 Å². The number of rotatable bonds is 8. The number of pyridine rings is 1. The first-order chi connectivity index (χ1) is 19.5. The second-order valence-corrected chi connectivity index (χ2v) is 11.5. The van der Waals surface area contributed by atoms with E-state index in [4.69, 9.17) is 14.2 Å². The maximum absolute atomic E-state index is 13.3. The van der Waals surface area contributed by atoms with E-state index in [9.17, 15) is 14.4 Å². The van der Waals surface area contributed by atoms with Crippen LogP contribution in [0.5, 0.6) is 0 Å². The Morgan fingerprint density at radius 1 is 1.15 bits per heavy atom. The van der Waals surface area contributed by atoms with Crippen LogP contribution in [0.15, 0.2) is 35.4 Å². The van der Waals surface area contributed by atoms with E-state index in [0.29, 0.717) is 11.4 Å². The largest absolute Gasteiger partial charge is 0.443 e. The van der Waals surface area contributed by atoms with Crippen LogP contribution in [0.1, 0.15) is 63.0 Å². The van der Waals surface area contributed by atoms with Gasteiger partial charge in [-0.25, -0.2) is 14.3 Å². The van der Waals surface area contributed by atoms with Gasteiger partial charge in [-0.3, -0.25) is 14.5 Å². The molecule has 1 unspecified atom stereocenters. The zero-order valence-corrected chi connectivity index (χ0v) is 24.2. The zero-order chi connectivity index (χ0) is 29.5. The lowest BCUT2D eigenvalue weighted by Gasteiger charge is -2.35. The number of imidazole rings is 1. The Bertz CT molecular complexity index is 1500. The summed E-state index contributed by atoms with van der Waals surface area (Å²) in [4.78, 5) is 45.3. The van der Waals surface area contributed by atoms with Gasteiger partial charge < -0.3 is 29.4 Å². The highest BCUT2D eigenvalue weighted by molar-refractivity contribution is 5.96. The van der Waals surface area contributed by atoms with Gasteiger partial charge in [-0.15, -0.1) is 5.10 Å². The number of anilines is 3. The number of fused-ring (bicyclic) bond motifs is 1. The molecule has 2 aliphatic carbocycles. The van der Waals surface area contributed by atoms with E-state index in [2.05, 4.69) is 20.7 Å². The molecule has 2 saturated carbocycles. The van der Waals surface area contributed by atoms with Crippen molar-refractivity contribution in [1.82, 2.24) is 24.5 Å². The van der Waals surface area contributed by atoms with Gasteiger partial charge in [0.2, 0.25) is 0 Å². The maximum Gasteiger partial charge on any atom is 0.414 e. The van der Waals surface area contributed by atoms with E-state index >= 15 is 0 Å². The summed E-state index contributed by atoms with van der Waals surface area (Å²) >= 11 is 0. The smallest absolute Gasteiger partial charge is 0.414 e. The lowest BCUT2D eigenvalue weighted by atomic mass is 9.89. The Morgan fingerprint density at radius 3 is 2.54 bits per heavy atom. The molecule has 41 heavy (non-hydrogen) atoms. The minimum atomic E-state index is -0.727. The predicted octanol–water partition coefficient (Wildman–Crippen LogP) is 3.26. The minimum Gasteiger partial charge on any atom is -0.443 e. The fraction of sp³-hybridized carbons (Fsp3) is 0.536. The number of carbonyl (C=O) groups excluding carboxylic acids is 2. The number of amides is 2. The monoisotopic (exact) mass is 567 g/mol. The fourth-order valence-electron chi connectivity index (χ4n) is 4.99. The normalized spacial score (nSPS) is 22.0. The summed E-state index contributed by atoms with van der Waals surface area (Å²) in [6, 6.07) is 4.98. The summed E-state index contributed by atoms with van der Waals surface area (Å²) < 4.78 is 19.4. The van der Waals surface area contributed by atoms with Crippen LogP contribution in [0.25, 0.3) is 5.65 Å². The molecule has 0 aromatic carbocycles. The van der Waals surface area contributed by atoms with Crippen molar-refractivity contribution < 1.29 is 23.8 Å². The van der Waals surface area contributed by atoms with Gasteiger partial charge in [0, 0.05) is 39.6 Å². The average molecular weight is 568 g/mol. The third kappa shape index (κ3) is 5.77. The van der Waals surface area contributed by atoms with Crippen molar-refractivity contribution in [3.8, 4) is 0 Å². The van der Waals surface area contributed by atoms with Crippen LogP contribution in [0.3, 0.4) is 0 Å². The molecule has 13 nitrogen and oxygen atoms in total. The molecule has 220 valence electrons. The summed E-state index contributed by atoms with van der Waals surface area (Å²) in [7, 11) is 4.84. The van der Waals surface area contributed by atoms with Crippen LogP contribution in [-0.2, 0) is 14.2 Å². The number of hydrogen-bond acceptors (Lipinski definition) is 9. The van der Waals surface area contributed by atoms with Gasteiger partial charge in [0.15, 0.2) is 17.2 Å². The average Bonchev–Trinajstić information content (AvgIpc) is 3.30. The van der Waals surface area contributed by atoms with Crippen molar-refractivity contribution in [2.24, 2.45) is 0 Å². The number of carbonyl (C=O) groups is 2. The van der Waals surface area contributed by atoms with Crippen LogP contribution in [-0.4, -0.2) is 76.3 Å². The Hall–Kier alpha value is -3.97. The highest BCUT2D eigenvalue weighted by atomic mass is 16.6. The van der Waals surface area contributed by atoms with E-state index in [1.54, 1.807) is 71.0 Å². The third-order valence-electron chi connectivity index (χ3n) is 7.57. The van der Waals surface area contributed by atoms with Crippen LogP contribution < -0.4 is 21.1 Å². The number of hydrogen-bond donors (Lipinski definition) is 2. The van der Waals surface area contributed by atoms with Crippen molar-refractivity contribution in [2.75, 3.05) is 31.5 Å². The van der Waals surface area contributed by atoms with Gasteiger partial charge in [-0.1, -0.05) is 0 Å². The first-order valence-electron chi connectivity index (χ1n) is 13.7. The summed E-state index contributed by atoms with van der Waals surface area (Å²) in [5, 5.41) is 10.7. The van der Waals surface area contributed by atoms with Gasteiger partial charge in [0.05, 0.1) is 30.1 Å². The highest BCUT2D eigenvalue weighted by Gasteiger charge is 2.34. The van der Waals surface area contributed by atoms with Crippen LogP contribution in [0.4, 0.5) is 22.0 Å². The fourth-order valence-corrected chi connectivity index (χ4v) is 4.99. The summed E-state index contributed by atoms with van der Waals surface area (Å²) in [6.45, 7) is 5.32. The topological polar surface area (TPSA) is 141 Å². The molecule has 0 saturated heterocycles. The first-order valence-corrected chi connectivity index (χ1v) is 13.7. The molecule has 0 aliphatic heterocycles. The van der Waals surface area contributed by atoms with Gasteiger partial charge in [-0.05, 0) is 58.6 Å². The lowest BCUT2D eigenvalue weighted by molar-refractivity contribution is 0.00522. The Kier molecular flexibility index (Phi) is 7.75. The molecule has 2 atom stereocenters. The second kappa shape index (κ2) is 11.1. The molecular weight excluding hydrogens is 530 g/mol. The lowest BCUT2D eigenvalue weighted by Crippen LogP contribution is -2.51. The molecule has 0 bridgehead atoms. The third-order valence-corrected chi connectivity index (χ3v) is 7.57. The molecule has 3 aromatic rings. The molecule has 3 aromatic heterocycles. The van der Waals surface area contributed by atoms with E-state index in [-0.39, 0.29) is 52.9 Å². The van der Waals surface area contributed by atoms with Crippen molar-refractivity contribution in [2.45, 2.75) is 76.3 Å². The van der Waals surface area contributed by atoms with E-state index in [1.807, 2.05) is 0 Å². The van der Waals surface area contributed by atoms with Gasteiger partial charge in [0.1, 0.15) is 11.3 Å². The van der Waals surface area contributed by atoms with Crippen LogP contribution in [0.2, 0.25) is 0 Å². The highest BCUT2D eigenvalue weighted by Crippen LogP contribution is 2.33. The predicted molar refractivity (Wildman–Crippen MR) is 152 cm³/mol. The molecule has 0 spiro atoms. The molecule has 5 rings (SSSR count). The van der Waals surface area contributed by atoms with Crippen molar-refractivity contribution in [3.63, 3.8) is 0 Å². The van der Waals surface area contributed by atoms with Crippen molar-refractivity contribution in [1.29, 1.82) is 0 Å². The molecule has 13 heteroatoms. The van der Waals surface area contributed by atoms with E-state index < -0.39 is 11.7 Å². The van der Waals surface area contributed by atoms with E-state index in [1.165, 1.54) is 15.6 Å². The molecule has 3 heterocycles. The SMILES string of the molecule is COC1CC(n2cccc(Nc3cc(N(C)C(=O)OC(C)(C)C)c4ncc(C(=O)NC5CC[C@@H]5OC)n4n3)c2=O)C1. The van der Waals surface area contributed by atoms with Crippen LogP contribution >= 0.6 is 0 Å². The molecule has 2 amide bonds. The van der Waals surface area contributed by atoms with Gasteiger partial charge in [0.25, 0.3) is 11.5 Å².